The highest BCUT2D eigenvalue weighted by Gasteiger charge is 2.24. The number of hydrogen-bond donors (Lipinski definition) is 0. The number of rotatable bonds is 8. The number of nitrogens with zero attached hydrogens (tertiary/aromatic N) is 2. The molecule has 0 unspecified atom stereocenters. The van der Waals surface area contributed by atoms with Gasteiger partial charge in [0.1, 0.15) is 0 Å². The van der Waals surface area contributed by atoms with Crippen LogP contribution in [0.5, 0.6) is 0 Å². The Kier molecular flexibility index (Phi) is 9.61. The normalized spacial score (nSPS) is 11.8. The summed E-state index contributed by atoms with van der Waals surface area (Å²) in [7, 11) is 0. The summed E-state index contributed by atoms with van der Waals surface area (Å²) in [6, 6.07) is 103. The first-order valence-electron chi connectivity index (χ1n) is 25.6. The van der Waals surface area contributed by atoms with Crippen LogP contribution in [0.1, 0.15) is 0 Å². The largest absolute Gasteiger partial charge is 0.309 e. The van der Waals surface area contributed by atoms with Gasteiger partial charge < -0.3 is 9.13 Å². The average molecular weight is 939 g/mol. The van der Waals surface area contributed by atoms with Crippen LogP contribution in [0.3, 0.4) is 0 Å². The Bertz CT molecular complexity index is 4490. The van der Waals surface area contributed by atoms with Gasteiger partial charge in [0.2, 0.25) is 0 Å². The van der Waals surface area contributed by atoms with Gasteiger partial charge in [0.15, 0.2) is 0 Å². The monoisotopic (exact) mass is 938 g/mol. The first kappa shape index (κ1) is 42.0. The molecule has 0 spiro atoms. The molecule has 0 N–H and O–H groups in total. The molecule has 2 heteroatoms. The molecule has 0 aliphatic carbocycles. The molecular weight excluding hydrogens is 893 g/mol. The molecule has 0 saturated heterocycles. The lowest BCUT2D eigenvalue weighted by molar-refractivity contribution is 1.10. The topological polar surface area (TPSA) is 9.86 Å². The maximum atomic E-state index is 2.48. The molecule has 0 aliphatic heterocycles. The minimum Gasteiger partial charge on any atom is -0.309 e. The molecule has 15 aromatic rings. The van der Waals surface area contributed by atoms with E-state index in [1.54, 1.807) is 0 Å². The minimum atomic E-state index is 1.10. The molecule has 0 bridgehead atoms. The van der Waals surface area contributed by atoms with E-state index >= 15 is 0 Å². The highest BCUT2D eigenvalue weighted by Crippen LogP contribution is 2.50. The minimum absolute atomic E-state index is 1.10. The molecule has 74 heavy (non-hydrogen) atoms. The summed E-state index contributed by atoms with van der Waals surface area (Å²) in [5.41, 5.74) is 16.3. The number of aromatic nitrogens is 2. The van der Waals surface area contributed by atoms with Gasteiger partial charge in [0.25, 0.3) is 0 Å². The molecule has 2 nitrogen and oxygen atoms in total. The fourth-order valence-electron chi connectivity index (χ4n) is 12.1. The third-order valence-electron chi connectivity index (χ3n) is 15.5. The maximum absolute atomic E-state index is 2.48. The van der Waals surface area contributed by atoms with Crippen molar-refractivity contribution >= 4 is 64.6 Å². The average Bonchev–Trinajstić information content (AvgIpc) is 4.14. The van der Waals surface area contributed by atoms with Crippen molar-refractivity contribution in [1.82, 2.24) is 9.13 Å². The van der Waals surface area contributed by atoms with E-state index in [1.807, 2.05) is 0 Å². The third-order valence-corrected chi connectivity index (χ3v) is 15.5. The Morgan fingerprint density at radius 1 is 0.203 bits per heavy atom. The fraction of sp³-hybridized carbons (Fsp3) is 0. The molecule has 2 aromatic heterocycles. The standard InChI is InChI=1S/C72H46N2/c1-5-17-48(18-6-1)65-40-41-66(49-19-7-2-8-20-49)73(65)57-35-39-62-63(45-57)70(56-31-28-47-16-13-14-25-55(47)44-56)61-38-34-58(74-67(50-21-9-3-10-22-50)42-43-68(74)51-23-11-4-12-24-51)46-64(61)72(62)60-37-33-54-30-29-52-26-15-27-53-32-36-59(60)71(54)69(52)53/h1-46H. The van der Waals surface area contributed by atoms with Gasteiger partial charge in [-0.3, -0.25) is 0 Å². The van der Waals surface area contributed by atoms with Gasteiger partial charge in [-0.25, -0.2) is 0 Å². The van der Waals surface area contributed by atoms with Crippen molar-refractivity contribution in [3.63, 3.8) is 0 Å². The van der Waals surface area contributed by atoms with Crippen molar-refractivity contribution in [2.24, 2.45) is 0 Å². The lowest BCUT2D eigenvalue weighted by Gasteiger charge is -2.23. The molecular formula is C72H46N2. The summed E-state index contributed by atoms with van der Waals surface area (Å²) < 4.78 is 4.92. The Balaban J connectivity index is 1.10. The first-order valence-corrected chi connectivity index (χ1v) is 25.6. The van der Waals surface area contributed by atoms with E-state index in [2.05, 4.69) is 288 Å². The molecule has 344 valence electrons. The lowest BCUT2D eigenvalue weighted by atomic mass is 9.82. The smallest absolute Gasteiger partial charge is 0.0535 e. The summed E-state index contributed by atoms with van der Waals surface area (Å²) in [6.45, 7) is 0. The van der Waals surface area contributed by atoms with E-state index in [4.69, 9.17) is 0 Å². The van der Waals surface area contributed by atoms with Crippen molar-refractivity contribution in [1.29, 1.82) is 0 Å². The van der Waals surface area contributed by atoms with Crippen LogP contribution < -0.4 is 0 Å². The van der Waals surface area contributed by atoms with Gasteiger partial charge in [-0.15, -0.1) is 0 Å². The second-order valence-corrected chi connectivity index (χ2v) is 19.6. The van der Waals surface area contributed by atoms with Crippen LogP contribution in [0.2, 0.25) is 0 Å². The van der Waals surface area contributed by atoms with Crippen LogP contribution in [-0.4, -0.2) is 9.13 Å². The molecule has 2 heterocycles. The summed E-state index contributed by atoms with van der Waals surface area (Å²) in [5, 5.41) is 14.9. The summed E-state index contributed by atoms with van der Waals surface area (Å²) >= 11 is 0. The zero-order valence-corrected chi connectivity index (χ0v) is 40.5. The van der Waals surface area contributed by atoms with Gasteiger partial charge in [-0.1, -0.05) is 224 Å². The van der Waals surface area contributed by atoms with E-state index in [1.165, 1.54) is 109 Å². The zero-order valence-electron chi connectivity index (χ0n) is 40.5. The summed E-state index contributed by atoms with van der Waals surface area (Å²) in [6.07, 6.45) is 0. The molecule has 0 amide bonds. The molecule has 15 rings (SSSR count). The SMILES string of the molecule is c1ccc(-c2ccc(-c3ccccc3)n2-c2ccc3c(-c4ccc5ccc6cccc7ccc4c5c67)c4cc(-n5c(-c6ccccc6)ccc5-c5ccccc5)ccc4c(-c4ccc5ccccc5c4)c3c2)cc1. The van der Waals surface area contributed by atoms with Crippen LogP contribution in [-0.2, 0) is 0 Å². The van der Waals surface area contributed by atoms with Crippen molar-refractivity contribution in [2.45, 2.75) is 0 Å². The summed E-state index contributed by atoms with van der Waals surface area (Å²) in [5.74, 6) is 0. The van der Waals surface area contributed by atoms with Crippen molar-refractivity contribution < 1.29 is 0 Å². The molecule has 0 atom stereocenters. The predicted octanol–water partition coefficient (Wildman–Crippen LogP) is 19.6. The van der Waals surface area contributed by atoms with Crippen molar-refractivity contribution in [3.05, 3.63) is 279 Å². The Morgan fingerprint density at radius 2 is 0.595 bits per heavy atom. The highest BCUT2D eigenvalue weighted by molar-refractivity contribution is 6.29. The number of benzene rings is 13. The van der Waals surface area contributed by atoms with Gasteiger partial charge in [-0.2, -0.15) is 0 Å². The van der Waals surface area contributed by atoms with E-state index in [0.717, 1.165) is 34.2 Å². The second kappa shape index (κ2) is 16.9. The third kappa shape index (κ3) is 6.66. The van der Waals surface area contributed by atoms with Crippen LogP contribution in [0, 0.1) is 0 Å². The zero-order chi connectivity index (χ0) is 48.7. The Hall–Kier alpha value is -9.76. The van der Waals surface area contributed by atoms with Crippen LogP contribution in [0.4, 0.5) is 0 Å². The van der Waals surface area contributed by atoms with Crippen LogP contribution >= 0.6 is 0 Å². The van der Waals surface area contributed by atoms with Gasteiger partial charge in [0, 0.05) is 11.4 Å². The summed E-state index contributed by atoms with van der Waals surface area (Å²) in [4.78, 5) is 0. The fourth-order valence-corrected chi connectivity index (χ4v) is 12.1. The first-order chi connectivity index (χ1) is 36.7. The quantitative estimate of drug-likeness (QED) is 0.106. The molecule has 13 aromatic carbocycles. The van der Waals surface area contributed by atoms with Crippen LogP contribution in [0.25, 0.3) is 143 Å². The lowest BCUT2D eigenvalue weighted by Crippen LogP contribution is -2.02. The van der Waals surface area contributed by atoms with E-state index in [9.17, 15) is 0 Å². The van der Waals surface area contributed by atoms with Crippen molar-refractivity contribution in [3.8, 4) is 78.7 Å². The second-order valence-electron chi connectivity index (χ2n) is 19.6. The molecule has 0 saturated carbocycles. The highest BCUT2D eigenvalue weighted by atomic mass is 15.0. The predicted molar refractivity (Wildman–Crippen MR) is 314 cm³/mol. The Labute approximate surface area is 429 Å². The molecule has 0 fully saturated rings. The number of hydrogen-bond acceptors (Lipinski definition) is 0. The van der Waals surface area contributed by atoms with Crippen molar-refractivity contribution in [2.75, 3.05) is 0 Å². The Morgan fingerprint density at radius 3 is 1.12 bits per heavy atom. The van der Waals surface area contributed by atoms with Gasteiger partial charge in [-0.05, 0) is 164 Å². The van der Waals surface area contributed by atoms with E-state index in [0.29, 0.717) is 0 Å². The molecule has 0 radical (unpaired) electrons. The van der Waals surface area contributed by atoms with Gasteiger partial charge in [0.05, 0.1) is 22.8 Å². The van der Waals surface area contributed by atoms with Crippen LogP contribution in [0.15, 0.2) is 279 Å². The number of fused-ring (bicyclic) bond motifs is 3. The maximum Gasteiger partial charge on any atom is 0.0535 e. The molecule has 0 aliphatic rings. The van der Waals surface area contributed by atoms with E-state index in [-0.39, 0.29) is 0 Å². The van der Waals surface area contributed by atoms with E-state index < -0.39 is 0 Å². The van der Waals surface area contributed by atoms with Gasteiger partial charge >= 0.3 is 0 Å².